The van der Waals surface area contributed by atoms with Gasteiger partial charge in [0.2, 0.25) is 0 Å². The standard InChI is InChI=1S/C9H8N4O2S/c1-15-8(14)5-2-3-6(11-4-5)7-12-9(10)16-13-7/h2-4H,1H3,(H2,10,12,13). The summed E-state index contributed by atoms with van der Waals surface area (Å²) in [6.07, 6.45) is 1.42. The quantitative estimate of drug-likeness (QED) is 0.781. The number of pyridine rings is 1. The van der Waals surface area contributed by atoms with Gasteiger partial charge in [0, 0.05) is 17.7 Å². The summed E-state index contributed by atoms with van der Waals surface area (Å²) in [5, 5.41) is 0.383. The lowest BCUT2D eigenvalue weighted by atomic mass is 10.2. The number of carbonyl (C=O) groups is 1. The van der Waals surface area contributed by atoms with Gasteiger partial charge >= 0.3 is 5.97 Å². The molecule has 0 saturated heterocycles. The van der Waals surface area contributed by atoms with Gasteiger partial charge < -0.3 is 10.5 Å². The lowest BCUT2D eigenvalue weighted by Gasteiger charge is -1.98. The van der Waals surface area contributed by atoms with Crippen molar-refractivity contribution in [3.05, 3.63) is 23.9 Å². The maximum absolute atomic E-state index is 11.2. The SMILES string of the molecule is COC(=O)c1ccc(-c2nsc(N)n2)nc1. The zero-order chi connectivity index (χ0) is 11.5. The fourth-order valence-corrected chi connectivity index (χ4v) is 1.55. The topological polar surface area (TPSA) is 91.0 Å². The second-order valence-corrected chi connectivity index (χ2v) is 3.66. The predicted octanol–water partition coefficient (Wildman–Crippen LogP) is 0.969. The van der Waals surface area contributed by atoms with E-state index in [9.17, 15) is 4.79 Å². The van der Waals surface area contributed by atoms with E-state index in [0.717, 1.165) is 11.5 Å². The minimum absolute atomic E-state index is 0.383. The number of hydrogen-bond donors (Lipinski definition) is 1. The molecule has 0 aliphatic carbocycles. The van der Waals surface area contributed by atoms with Crippen LogP contribution in [0.1, 0.15) is 10.4 Å². The van der Waals surface area contributed by atoms with E-state index in [2.05, 4.69) is 19.1 Å². The monoisotopic (exact) mass is 236 g/mol. The Balaban J connectivity index is 2.29. The van der Waals surface area contributed by atoms with Gasteiger partial charge in [0.15, 0.2) is 11.0 Å². The molecule has 0 bridgehead atoms. The van der Waals surface area contributed by atoms with Crippen molar-refractivity contribution in [2.75, 3.05) is 12.8 Å². The average Bonchev–Trinajstić information content (AvgIpc) is 2.75. The average molecular weight is 236 g/mol. The highest BCUT2D eigenvalue weighted by atomic mass is 32.1. The molecular formula is C9H8N4O2S. The molecule has 2 aromatic heterocycles. The van der Waals surface area contributed by atoms with Crippen LogP contribution in [0.15, 0.2) is 18.3 Å². The molecular weight excluding hydrogens is 228 g/mol. The predicted molar refractivity (Wildman–Crippen MR) is 58.9 cm³/mol. The molecule has 2 rings (SSSR count). The summed E-state index contributed by atoms with van der Waals surface area (Å²) in [5.74, 6) is 0.0312. The Morgan fingerprint density at radius 1 is 1.50 bits per heavy atom. The molecule has 6 nitrogen and oxygen atoms in total. The third-order valence-corrected chi connectivity index (χ3v) is 2.40. The first-order valence-corrected chi connectivity index (χ1v) is 5.12. The molecule has 0 aromatic carbocycles. The van der Waals surface area contributed by atoms with Crippen LogP contribution in [0.25, 0.3) is 11.5 Å². The van der Waals surface area contributed by atoms with Crippen LogP contribution in [0.3, 0.4) is 0 Å². The van der Waals surface area contributed by atoms with Gasteiger partial charge in [-0.05, 0) is 12.1 Å². The molecule has 2 N–H and O–H groups in total. The zero-order valence-corrected chi connectivity index (χ0v) is 9.19. The largest absolute Gasteiger partial charge is 0.465 e. The van der Waals surface area contributed by atoms with Crippen molar-refractivity contribution in [3.8, 4) is 11.5 Å². The number of hydrogen-bond acceptors (Lipinski definition) is 7. The Morgan fingerprint density at radius 3 is 2.81 bits per heavy atom. The number of ether oxygens (including phenoxy) is 1. The van der Waals surface area contributed by atoms with Gasteiger partial charge in [-0.3, -0.25) is 4.98 Å². The summed E-state index contributed by atoms with van der Waals surface area (Å²) in [5.41, 5.74) is 6.41. The van der Waals surface area contributed by atoms with E-state index < -0.39 is 5.97 Å². The van der Waals surface area contributed by atoms with Crippen molar-refractivity contribution in [1.29, 1.82) is 0 Å². The van der Waals surface area contributed by atoms with Crippen LogP contribution in [0, 0.1) is 0 Å². The highest BCUT2D eigenvalue weighted by molar-refractivity contribution is 7.09. The number of nitrogen functional groups attached to an aromatic ring is 1. The van der Waals surface area contributed by atoms with Crippen molar-refractivity contribution >= 4 is 22.6 Å². The van der Waals surface area contributed by atoms with Crippen molar-refractivity contribution < 1.29 is 9.53 Å². The number of rotatable bonds is 2. The van der Waals surface area contributed by atoms with Gasteiger partial charge in [-0.15, -0.1) is 0 Å². The number of nitrogens with zero attached hydrogens (tertiary/aromatic N) is 3. The summed E-state index contributed by atoms with van der Waals surface area (Å²) in [4.78, 5) is 19.2. The molecule has 82 valence electrons. The molecule has 0 spiro atoms. The Labute approximate surface area is 95.3 Å². The Kier molecular flexibility index (Phi) is 2.78. The second-order valence-electron chi connectivity index (χ2n) is 2.88. The van der Waals surface area contributed by atoms with Gasteiger partial charge in [0.25, 0.3) is 0 Å². The molecule has 0 aliphatic heterocycles. The number of nitrogens with two attached hydrogens (primary N) is 1. The number of esters is 1. The van der Waals surface area contributed by atoms with Gasteiger partial charge in [0.1, 0.15) is 5.69 Å². The molecule has 16 heavy (non-hydrogen) atoms. The molecule has 0 atom stereocenters. The summed E-state index contributed by atoms with van der Waals surface area (Å²) in [6.45, 7) is 0. The first-order chi connectivity index (χ1) is 7.70. The highest BCUT2D eigenvalue weighted by Crippen LogP contribution is 2.17. The summed E-state index contributed by atoms with van der Waals surface area (Å²) < 4.78 is 8.57. The van der Waals surface area contributed by atoms with Gasteiger partial charge in [-0.25, -0.2) is 4.79 Å². The molecule has 7 heteroatoms. The number of anilines is 1. The maximum Gasteiger partial charge on any atom is 0.339 e. The third kappa shape index (κ3) is 1.98. The second kappa shape index (κ2) is 4.23. The molecule has 0 aliphatic rings. The lowest BCUT2D eigenvalue weighted by molar-refractivity contribution is 0.0600. The molecule has 0 saturated carbocycles. The first-order valence-electron chi connectivity index (χ1n) is 4.34. The summed E-state index contributed by atoms with van der Waals surface area (Å²) in [7, 11) is 1.32. The minimum Gasteiger partial charge on any atom is -0.465 e. The summed E-state index contributed by atoms with van der Waals surface area (Å²) >= 11 is 1.10. The molecule has 0 radical (unpaired) electrons. The fourth-order valence-electron chi connectivity index (χ4n) is 1.10. The fraction of sp³-hybridized carbons (Fsp3) is 0.111. The van der Waals surface area contributed by atoms with Crippen LogP contribution in [0.4, 0.5) is 5.13 Å². The van der Waals surface area contributed by atoms with Gasteiger partial charge in [-0.1, -0.05) is 0 Å². The van der Waals surface area contributed by atoms with E-state index in [1.54, 1.807) is 12.1 Å². The smallest absolute Gasteiger partial charge is 0.339 e. The number of methoxy groups -OCH3 is 1. The lowest BCUT2D eigenvalue weighted by Crippen LogP contribution is -2.01. The Hall–Kier alpha value is -2.02. The van der Waals surface area contributed by atoms with Crippen LogP contribution < -0.4 is 5.73 Å². The van der Waals surface area contributed by atoms with Crippen LogP contribution in [0.2, 0.25) is 0 Å². The first kappa shape index (κ1) is 10.5. The summed E-state index contributed by atoms with van der Waals surface area (Å²) in [6, 6.07) is 3.25. The van der Waals surface area contributed by atoms with Crippen molar-refractivity contribution in [3.63, 3.8) is 0 Å². The van der Waals surface area contributed by atoms with Gasteiger partial charge in [0.05, 0.1) is 12.7 Å². The molecule has 2 heterocycles. The van der Waals surface area contributed by atoms with E-state index in [4.69, 9.17) is 5.73 Å². The highest BCUT2D eigenvalue weighted by Gasteiger charge is 2.09. The van der Waals surface area contributed by atoms with Crippen LogP contribution in [-0.2, 0) is 4.74 Å². The normalized spacial score (nSPS) is 10.1. The van der Waals surface area contributed by atoms with Crippen molar-refractivity contribution in [1.82, 2.24) is 14.3 Å². The Bertz CT molecular complexity index is 508. The zero-order valence-electron chi connectivity index (χ0n) is 8.38. The molecule has 0 amide bonds. The van der Waals surface area contributed by atoms with Crippen LogP contribution in [-0.4, -0.2) is 27.4 Å². The van der Waals surface area contributed by atoms with Crippen molar-refractivity contribution in [2.24, 2.45) is 0 Å². The van der Waals surface area contributed by atoms with E-state index in [1.807, 2.05) is 0 Å². The number of aromatic nitrogens is 3. The van der Waals surface area contributed by atoms with Crippen molar-refractivity contribution in [2.45, 2.75) is 0 Å². The van der Waals surface area contributed by atoms with E-state index >= 15 is 0 Å². The third-order valence-electron chi connectivity index (χ3n) is 1.86. The van der Waals surface area contributed by atoms with E-state index in [0.29, 0.717) is 22.2 Å². The van der Waals surface area contributed by atoms with Crippen LogP contribution in [0.5, 0.6) is 0 Å². The molecule has 0 fully saturated rings. The van der Waals surface area contributed by atoms with Crippen LogP contribution >= 0.6 is 11.5 Å². The van der Waals surface area contributed by atoms with E-state index in [-0.39, 0.29) is 0 Å². The molecule has 0 unspecified atom stereocenters. The van der Waals surface area contributed by atoms with E-state index in [1.165, 1.54) is 13.3 Å². The Morgan fingerprint density at radius 2 is 2.31 bits per heavy atom. The van der Waals surface area contributed by atoms with Gasteiger partial charge in [-0.2, -0.15) is 9.36 Å². The molecule has 2 aromatic rings. The minimum atomic E-state index is -0.426. The number of carbonyl (C=O) groups excluding carboxylic acids is 1. The maximum atomic E-state index is 11.2.